The third-order valence-corrected chi connectivity index (χ3v) is 5.24. The number of nitrogens with zero attached hydrogens (tertiary/aromatic N) is 2. The molecule has 0 bridgehead atoms. The average Bonchev–Trinajstić information content (AvgIpc) is 2.71. The number of benzene rings is 3. The van der Waals surface area contributed by atoms with Gasteiger partial charge in [-0.15, -0.1) is 12.6 Å². The Morgan fingerprint density at radius 3 is 2.25 bits per heavy atom. The van der Waals surface area contributed by atoms with E-state index in [1.54, 1.807) is 0 Å². The van der Waals surface area contributed by atoms with E-state index < -0.39 is 0 Å². The average molecular weight is 396 g/mol. The summed E-state index contributed by atoms with van der Waals surface area (Å²) in [5.74, 6) is 0. The molecule has 1 saturated heterocycles. The molecule has 0 aliphatic carbocycles. The lowest BCUT2D eigenvalue weighted by molar-refractivity contribution is 0.0342. The molecule has 4 nitrogen and oxygen atoms in total. The molecule has 28 heavy (non-hydrogen) atoms. The standard InChI is InChI=1S/C12H13NS.C11H16N2O/c1-13(2)11-7-3-6-10-9(11)5-4-8-12(10)14;12-11-3-1-10(2-4-11)9-13-5-7-14-8-6-13/h3-8,14H,1-2H3;1-4H,5-9,12H2. The molecule has 0 amide bonds. The second-order valence-electron chi connectivity index (χ2n) is 7.17. The van der Waals surface area contributed by atoms with E-state index in [9.17, 15) is 0 Å². The maximum absolute atomic E-state index is 5.63. The molecular weight excluding hydrogens is 366 g/mol. The lowest BCUT2D eigenvalue weighted by atomic mass is 10.1. The molecule has 148 valence electrons. The van der Waals surface area contributed by atoms with Crippen LogP contribution in [0.15, 0.2) is 65.6 Å². The minimum atomic E-state index is 0.829. The summed E-state index contributed by atoms with van der Waals surface area (Å²) >= 11 is 4.45. The number of hydrogen-bond acceptors (Lipinski definition) is 5. The minimum absolute atomic E-state index is 0.829. The molecule has 0 unspecified atom stereocenters. The predicted octanol–water partition coefficient (Wildman–Crippen LogP) is 4.30. The van der Waals surface area contributed by atoms with Crippen molar-refractivity contribution in [1.29, 1.82) is 0 Å². The van der Waals surface area contributed by atoms with Gasteiger partial charge < -0.3 is 15.4 Å². The van der Waals surface area contributed by atoms with Gasteiger partial charge in [0.05, 0.1) is 13.2 Å². The van der Waals surface area contributed by atoms with Crippen molar-refractivity contribution < 1.29 is 4.74 Å². The molecule has 2 N–H and O–H groups in total. The second-order valence-corrected chi connectivity index (χ2v) is 7.66. The third kappa shape index (κ3) is 5.41. The Morgan fingerprint density at radius 1 is 0.929 bits per heavy atom. The van der Waals surface area contributed by atoms with E-state index in [-0.39, 0.29) is 0 Å². The predicted molar refractivity (Wildman–Crippen MR) is 122 cm³/mol. The number of ether oxygens (including phenoxy) is 1. The molecule has 3 aromatic carbocycles. The molecule has 5 heteroatoms. The van der Waals surface area contributed by atoms with Gasteiger partial charge in [-0.2, -0.15) is 0 Å². The van der Waals surface area contributed by atoms with Gasteiger partial charge in [-0.1, -0.05) is 36.4 Å². The summed E-state index contributed by atoms with van der Waals surface area (Å²) in [4.78, 5) is 5.55. The highest BCUT2D eigenvalue weighted by atomic mass is 32.1. The quantitative estimate of drug-likeness (QED) is 0.513. The van der Waals surface area contributed by atoms with Gasteiger partial charge in [0.2, 0.25) is 0 Å². The van der Waals surface area contributed by atoms with E-state index in [0.717, 1.165) is 43.4 Å². The van der Waals surface area contributed by atoms with Crippen molar-refractivity contribution in [3.05, 3.63) is 66.2 Å². The summed E-state index contributed by atoms with van der Waals surface area (Å²) in [6, 6.07) is 20.6. The van der Waals surface area contributed by atoms with Gasteiger partial charge in [0.1, 0.15) is 0 Å². The van der Waals surface area contributed by atoms with Crippen molar-refractivity contribution in [2.45, 2.75) is 11.4 Å². The van der Waals surface area contributed by atoms with Crippen LogP contribution >= 0.6 is 12.6 Å². The van der Waals surface area contributed by atoms with E-state index >= 15 is 0 Å². The van der Waals surface area contributed by atoms with E-state index in [1.807, 2.05) is 24.3 Å². The van der Waals surface area contributed by atoms with Crippen LogP contribution in [0, 0.1) is 0 Å². The molecule has 4 rings (SSSR count). The Hall–Kier alpha value is -2.21. The fourth-order valence-corrected chi connectivity index (χ4v) is 3.59. The number of thiol groups is 1. The van der Waals surface area contributed by atoms with Crippen LogP contribution in [0.1, 0.15) is 5.56 Å². The molecule has 0 aromatic heterocycles. The van der Waals surface area contributed by atoms with E-state index in [0.29, 0.717) is 0 Å². The van der Waals surface area contributed by atoms with E-state index in [4.69, 9.17) is 10.5 Å². The van der Waals surface area contributed by atoms with Crippen LogP contribution < -0.4 is 10.6 Å². The first-order valence-electron chi connectivity index (χ1n) is 9.57. The van der Waals surface area contributed by atoms with Crippen LogP contribution in [-0.4, -0.2) is 45.3 Å². The first-order chi connectivity index (χ1) is 13.5. The summed E-state index contributed by atoms with van der Waals surface area (Å²) in [6.07, 6.45) is 0. The molecule has 1 fully saturated rings. The number of hydrogen-bond donors (Lipinski definition) is 2. The number of nitrogens with two attached hydrogens (primary N) is 1. The lowest BCUT2D eigenvalue weighted by Crippen LogP contribution is -2.35. The van der Waals surface area contributed by atoms with Crippen molar-refractivity contribution in [2.24, 2.45) is 0 Å². The normalized spacial score (nSPS) is 14.4. The Kier molecular flexibility index (Phi) is 7.20. The maximum Gasteiger partial charge on any atom is 0.0594 e. The Balaban J connectivity index is 0.000000161. The summed E-state index contributed by atoms with van der Waals surface area (Å²) in [7, 11) is 4.11. The molecule has 0 atom stereocenters. The first kappa shape index (κ1) is 20.5. The Bertz CT molecular complexity index is 890. The third-order valence-electron chi connectivity index (χ3n) is 4.85. The van der Waals surface area contributed by atoms with Gasteiger partial charge in [-0.3, -0.25) is 4.90 Å². The van der Waals surface area contributed by atoms with Gasteiger partial charge in [-0.05, 0) is 35.2 Å². The van der Waals surface area contributed by atoms with Crippen LogP contribution in [0.5, 0.6) is 0 Å². The van der Waals surface area contributed by atoms with Crippen molar-refractivity contribution in [3.8, 4) is 0 Å². The van der Waals surface area contributed by atoms with Crippen molar-refractivity contribution >= 4 is 34.8 Å². The fourth-order valence-electron chi connectivity index (χ4n) is 3.31. The highest BCUT2D eigenvalue weighted by Gasteiger charge is 2.10. The second kappa shape index (κ2) is 9.82. The minimum Gasteiger partial charge on any atom is -0.399 e. The highest BCUT2D eigenvalue weighted by Crippen LogP contribution is 2.29. The zero-order chi connectivity index (χ0) is 19.9. The molecule has 0 saturated carbocycles. The van der Waals surface area contributed by atoms with E-state index in [1.165, 1.54) is 22.0 Å². The number of morpholine rings is 1. The summed E-state index contributed by atoms with van der Waals surface area (Å²) in [5, 5.41) is 2.46. The number of fused-ring (bicyclic) bond motifs is 1. The highest BCUT2D eigenvalue weighted by molar-refractivity contribution is 7.80. The van der Waals surface area contributed by atoms with Gasteiger partial charge in [-0.25, -0.2) is 0 Å². The maximum atomic E-state index is 5.63. The molecule has 0 radical (unpaired) electrons. The van der Waals surface area contributed by atoms with Gasteiger partial charge >= 0.3 is 0 Å². The zero-order valence-corrected chi connectivity index (χ0v) is 17.5. The molecule has 1 aliphatic rings. The van der Waals surface area contributed by atoms with Gasteiger partial charge in [0, 0.05) is 55.4 Å². The molecule has 3 aromatic rings. The van der Waals surface area contributed by atoms with Crippen molar-refractivity contribution in [2.75, 3.05) is 51.0 Å². The Labute approximate surface area is 173 Å². The summed E-state index contributed by atoms with van der Waals surface area (Å²) in [5.41, 5.74) is 9.01. The Morgan fingerprint density at radius 2 is 1.57 bits per heavy atom. The van der Waals surface area contributed by atoms with Crippen LogP contribution in [0.2, 0.25) is 0 Å². The number of anilines is 2. The first-order valence-corrected chi connectivity index (χ1v) is 10.0. The lowest BCUT2D eigenvalue weighted by Gasteiger charge is -2.26. The molecule has 0 spiro atoms. The fraction of sp³-hybridized carbons (Fsp3) is 0.304. The van der Waals surface area contributed by atoms with Crippen molar-refractivity contribution in [3.63, 3.8) is 0 Å². The van der Waals surface area contributed by atoms with Crippen LogP contribution in [0.4, 0.5) is 11.4 Å². The monoisotopic (exact) mass is 395 g/mol. The largest absolute Gasteiger partial charge is 0.399 e. The van der Waals surface area contributed by atoms with Crippen LogP contribution in [0.25, 0.3) is 10.8 Å². The van der Waals surface area contributed by atoms with Crippen LogP contribution in [0.3, 0.4) is 0 Å². The summed E-state index contributed by atoms with van der Waals surface area (Å²) in [6.45, 7) is 4.78. The van der Waals surface area contributed by atoms with E-state index in [2.05, 4.69) is 72.9 Å². The van der Waals surface area contributed by atoms with Crippen LogP contribution in [-0.2, 0) is 11.3 Å². The SMILES string of the molecule is CN(C)c1cccc2c(S)cccc12.Nc1ccc(CN2CCOCC2)cc1. The van der Waals surface area contributed by atoms with Gasteiger partial charge in [0.25, 0.3) is 0 Å². The van der Waals surface area contributed by atoms with Crippen molar-refractivity contribution in [1.82, 2.24) is 4.90 Å². The molecule has 1 aliphatic heterocycles. The summed E-state index contributed by atoms with van der Waals surface area (Å²) < 4.78 is 5.29. The molecule has 1 heterocycles. The zero-order valence-electron chi connectivity index (χ0n) is 16.6. The number of rotatable bonds is 3. The van der Waals surface area contributed by atoms with Gasteiger partial charge in [0.15, 0.2) is 0 Å². The topological polar surface area (TPSA) is 41.7 Å². The number of nitrogen functional groups attached to an aromatic ring is 1. The molecular formula is C23H29N3OS. The smallest absolute Gasteiger partial charge is 0.0594 e.